The molecule has 0 aliphatic heterocycles. The SMILES string of the molecule is CC(=O)N[C@@H](CO)C(=O)C[C@@H](C)C(=O)N[C@H](C(=O)C[C@@H](CC(C)C)C(=O)N[C@H](C=O)Cc1cnc[nH]1)C(C)C. The maximum Gasteiger partial charge on any atom is 0.224 e. The predicted octanol–water partition coefficient (Wildman–Crippen LogP) is 0.491. The van der Waals surface area contributed by atoms with Gasteiger partial charge >= 0.3 is 0 Å². The summed E-state index contributed by atoms with van der Waals surface area (Å²) in [5.74, 6) is -3.99. The molecule has 0 saturated carbocycles. The van der Waals surface area contributed by atoms with Crippen LogP contribution in [0.5, 0.6) is 0 Å². The van der Waals surface area contributed by atoms with Gasteiger partial charge in [-0.25, -0.2) is 4.98 Å². The van der Waals surface area contributed by atoms with E-state index in [2.05, 4.69) is 25.9 Å². The number of aliphatic hydroxyl groups is 1. The highest BCUT2D eigenvalue weighted by molar-refractivity contribution is 5.95. The van der Waals surface area contributed by atoms with Gasteiger partial charge in [0.05, 0.1) is 25.0 Å². The Hall–Kier alpha value is -3.41. The van der Waals surface area contributed by atoms with Crippen LogP contribution in [0.25, 0.3) is 0 Å². The van der Waals surface area contributed by atoms with Crippen molar-refractivity contribution in [1.29, 1.82) is 0 Å². The Kier molecular flexibility index (Phi) is 14.2. The highest BCUT2D eigenvalue weighted by Gasteiger charge is 2.32. The van der Waals surface area contributed by atoms with E-state index in [0.29, 0.717) is 18.4 Å². The Morgan fingerprint density at radius 2 is 1.64 bits per heavy atom. The van der Waals surface area contributed by atoms with E-state index in [9.17, 15) is 33.9 Å². The van der Waals surface area contributed by atoms with Crippen LogP contribution in [0, 0.1) is 23.7 Å². The topological polar surface area (TPSA) is 187 Å². The number of aromatic nitrogens is 2. The Balaban J connectivity index is 2.89. The van der Waals surface area contributed by atoms with Crippen LogP contribution >= 0.6 is 0 Å². The number of hydrogen-bond donors (Lipinski definition) is 5. The fraction of sp³-hybridized carbons (Fsp3) is 0.667. The zero-order chi connectivity index (χ0) is 29.7. The minimum Gasteiger partial charge on any atom is -0.394 e. The van der Waals surface area contributed by atoms with Crippen LogP contribution in [0.2, 0.25) is 0 Å². The van der Waals surface area contributed by atoms with Gasteiger partial charge in [-0.2, -0.15) is 0 Å². The van der Waals surface area contributed by atoms with Crippen LogP contribution in [0.4, 0.5) is 0 Å². The number of ketones is 2. The lowest BCUT2D eigenvalue weighted by Crippen LogP contribution is -2.49. The Morgan fingerprint density at radius 3 is 2.13 bits per heavy atom. The minimum atomic E-state index is -1.11. The number of aromatic amines is 1. The smallest absolute Gasteiger partial charge is 0.224 e. The van der Waals surface area contributed by atoms with Crippen molar-refractivity contribution in [3.8, 4) is 0 Å². The van der Waals surface area contributed by atoms with Crippen molar-refractivity contribution in [3.05, 3.63) is 18.2 Å². The van der Waals surface area contributed by atoms with Gasteiger partial charge in [0, 0.05) is 49.9 Å². The molecule has 1 aromatic heterocycles. The minimum absolute atomic E-state index is 0.0945. The average molecular weight is 550 g/mol. The highest BCUT2D eigenvalue weighted by atomic mass is 16.3. The Bertz CT molecular complexity index is 977. The zero-order valence-corrected chi connectivity index (χ0v) is 23.7. The zero-order valence-electron chi connectivity index (χ0n) is 23.7. The summed E-state index contributed by atoms with van der Waals surface area (Å²) in [4.78, 5) is 81.3. The van der Waals surface area contributed by atoms with Gasteiger partial charge in [0.25, 0.3) is 0 Å². The second-order valence-corrected chi connectivity index (χ2v) is 10.8. The van der Waals surface area contributed by atoms with Crippen LogP contribution in [0.3, 0.4) is 0 Å². The van der Waals surface area contributed by atoms with E-state index >= 15 is 0 Å². The number of aliphatic hydroxyl groups excluding tert-OH is 1. The van der Waals surface area contributed by atoms with Gasteiger partial charge < -0.3 is 30.8 Å². The lowest BCUT2D eigenvalue weighted by atomic mass is 9.86. The van der Waals surface area contributed by atoms with Crippen molar-refractivity contribution in [2.75, 3.05) is 6.61 Å². The van der Waals surface area contributed by atoms with Gasteiger partial charge in [-0.3, -0.25) is 24.0 Å². The molecule has 0 aliphatic carbocycles. The lowest BCUT2D eigenvalue weighted by Gasteiger charge is -2.26. The molecule has 0 aliphatic rings. The van der Waals surface area contributed by atoms with Gasteiger partial charge in [0.15, 0.2) is 11.6 Å². The van der Waals surface area contributed by atoms with E-state index in [1.807, 2.05) is 13.8 Å². The van der Waals surface area contributed by atoms with E-state index in [1.54, 1.807) is 20.0 Å². The van der Waals surface area contributed by atoms with E-state index in [-0.39, 0.29) is 36.9 Å². The summed E-state index contributed by atoms with van der Waals surface area (Å²) in [5.41, 5.74) is 0.682. The van der Waals surface area contributed by atoms with Gasteiger partial charge in [-0.05, 0) is 18.3 Å². The Morgan fingerprint density at radius 1 is 0.974 bits per heavy atom. The fourth-order valence-electron chi connectivity index (χ4n) is 4.21. The number of nitrogens with one attached hydrogen (secondary N) is 4. The van der Waals surface area contributed by atoms with Crippen LogP contribution in [-0.4, -0.2) is 75.4 Å². The van der Waals surface area contributed by atoms with E-state index < -0.39 is 60.1 Å². The first-order chi connectivity index (χ1) is 18.3. The summed E-state index contributed by atoms with van der Waals surface area (Å²) in [6.45, 7) is 9.53. The summed E-state index contributed by atoms with van der Waals surface area (Å²) in [6.07, 6.45) is 3.94. The molecule has 39 heavy (non-hydrogen) atoms. The third-order valence-corrected chi connectivity index (χ3v) is 6.28. The van der Waals surface area contributed by atoms with Crippen molar-refractivity contribution in [2.45, 2.75) is 85.4 Å². The van der Waals surface area contributed by atoms with Gasteiger partial charge in [0.1, 0.15) is 12.3 Å². The summed E-state index contributed by atoms with van der Waals surface area (Å²) in [7, 11) is 0. The van der Waals surface area contributed by atoms with Crippen LogP contribution in [-0.2, 0) is 35.2 Å². The maximum absolute atomic E-state index is 13.3. The lowest BCUT2D eigenvalue weighted by molar-refractivity contribution is -0.135. The van der Waals surface area contributed by atoms with Gasteiger partial charge in [0.2, 0.25) is 17.7 Å². The average Bonchev–Trinajstić information content (AvgIpc) is 3.36. The number of amides is 3. The first kappa shape index (κ1) is 33.6. The van der Waals surface area contributed by atoms with Crippen molar-refractivity contribution < 1.29 is 33.9 Å². The monoisotopic (exact) mass is 549 g/mol. The molecule has 12 heteroatoms. The van der Waals surface area contributed by atoms with Crippen molar-refractivity contribution >= 4 is 35.6 Å². The summed E-state index contributed by atoms with van der Waals surface area (Å²) < 4.78 is 0. The number of carbonyl (C=O) groups excluding carboxylic acids is 6. The van der Waals surface area contributed by atoms with Crippen LogP contribution in [0.15, 0.2) is 12.5 Å². The molecule has 0 spiro atoms. The molecule has 0 fully saturated rings. The molecule has 0 aromatic carbocycles. The second-order valence-electron chi connectivity index (χ2n) is 10.8. The number of hydrogen-bond acceptors (Lipinski definition) is 8. The van der Waals surface area contributed by atoms with Gasteiger partial charge in [-0.15, -0.1) is 0 Å². The molecule has 3 amide bonds. The molecule has 0 unspecified atom stereocenters. The summed E-state index contributed by atoms with van der Waals surface area (Å²) >= 11 is 0. The maximum atomic E-state index is 13.3. The molecule has 5 atom stereocenters. The third-order valence-electron chi connectivity index (χ3n) is 6.28. The predicted molar refractivity (Wildman–Crippen MR) is 143 cm³/mol. The van der Waals surface area contributed by atoms with Gasteiger partial charge in [-0.1, -0.05) is 34.6 Å². The normalized spacial score (nSPS) is 15.1. The molecule has 218 valence electrons. The third kappa shape index (κ3) is 11.9. The van der Waals surface area contributed by atoms with E-state index in [0.717, 1.165) is 0 Å². The van der Waals surface area contributed by atoms with Crippen molar-refractivity contribution in [1.82, 2.24) is 25.9 Å². The molecular weight excluding hydrogens is 506 g/mol. The molecule has 5 N–H and O–H groups in total. The summed E-state index contributed by atoms with van der Waals surface area (Å²) in [6, 6.07) is -2.80. The molecule has 12 nitrogen and oxygen atoms in total. The number of imidazole rings is 1. The molecule has 0 radical (unpaired) electrons. The van der Waals surface area contributed by atoms with Crippen LogP contribution < -0.4 is 16.0 Å². The number of Topliss-reactive ketones (excluding diaryl/α,β-unsaturated/α-hetero) is 2. The molecule has 1 rings (SSSR count). The molecule has 1 aromatic rings. The van der Waals surface area contributed by atoms with Crippen LogP contribution in [0.1, 0.15) is 66.5 Å². The Labute approximate surface area is 229 Å². The van der Waals surface area contributed by atoms with Crippen molar-refractivity contribution in [2.24, 2.45) is 23.7 Å². The van der Waals surface area contributed by atoms with E-state index in [4.69, 9.17) is 0 Å². The second kappa shape index (κ2) is 16.5. The first-order valence-electron chi connectivity index (χ1n) is 13.3. The molecule has 0 bridgehead atoms. The molecule has 0 saturated heterocycles. The first-order valence-corrected chi connectivity index (χ1v) is 13.3. The largest absolute Gasteiger partial charge is 0.394 e. The van der Waals surface area contributed by atoms with Crippen molar-refractivity contribution in [3.63, 3.8) is 0 Å². The fourth-order valence-corrected chi connectivity index (χ4v) is 4.21. The summed E-state index contributed by atoms with van der Waals surface area (Å²) in [5, 5.41) is 17.1. The number of carbonyl (C=O) groups is 6. The number of rotatable bonds is 18. The quantitative estimate of drug-likeness (QED) is 0.164. The standard InChI is InChI=1S/C27H43N5O7/c1-15(2)7-19(27(39)31-21(12-33)10-20-11-28-14-29-20)9-24(37)25(16(3)4)32-26(38)17(5)8-23(36)22(13-34)30-18(6)35/h11-12,14-17,19,21-22,25,34H,7-10,13H2,1-6H3,(H,28,29)(H,30,35)(H,31,39)(H,32,38)/t17-,19-,21+,22+,25+/m1/s1. The number of H-pyrrole nitrogens is 1. The highest BCUT2D eigenvalue weighted by Crippen LogP contribution is 2.20. The number of aldehydes is 1. The molecule has 1 heterocycles. The molecular formula is C27H43N5O7. The number of nitrogens with zero attached hydrogens (tertiary/aromatic N) is 1. The van der Waals surface area contributed by atoms with E-state index in [1.165, 1.54) is 20.2 Å².